The number of hydrogen-bond acceptors (Lipinski definition) is 2. The van der Waals surface area contributed by atoms with Crippen LogP contribution in [0, 0.1) is 0 Å². The van der Waals surface area contributed by atoms with E-state index >= 15 is 0 Å². The Bertz CT molecular complexity index is 558. The van der Waals surface area contributed by atoms with E-state index in [4.69, 9.17) is 4.74 Å². The Morgan fingerprint density at radius 2 is 1.85 bits per heavy atom. The molecule has 0 atom stereocenters. The van der Waals surface area contributed by atoms with Crippen molar-refractivity contribution in [2.45, 2.75) is 31.9 Å². The van der Waals surface area contributed by atoms with Crippen LogP contribution in [0.5, 0.6) is 0 Å². The van der Waals surface area contributed by atoms with Gasteiger partial charge in [-0.3, -0.25) is 0 Å². The third kappa shape index (κ3) is 3.40. The van der Waals surface area contributed by atoms with E-state index in [1.165, 1.54) is 29.5 Å². The van der Waals surface area contributed by atoms with Gasteiger partial charge in [-0.25, -0.2) is 0 Å². The molecular weight excluding hydrogens is 246 g/mol. The maximum Gasteiger partial charge on any atom is 0.0713 e. The first-order chi connectivity index (χ1) is 9.85. The van der Waals surface area contributed by atoms with Crippen molar-refractivity contribution in [1.82, 2.24) is 0 Å². The number of ether oxygens (including phenoxy) is 1. The molecule has 2 aromatic carbocycles. The van der Waals surface area contributed by atoms with Gasteiger partial charge in [-0.1, -0.05) is 36.4 Å². The minimum atomic E-state index is 0.658. The lowest BCUT2D eigenvalue weighted by Gasteiger charge is -2.09. The highest BCUT2D eigenvalue weighted by molar-refractivity contribution is 5.46. The van der Waals surface area contributed by atoms with Gasteiger partial charge in [0.1, 0.15) is 0 Å². The molecule has 2 heteroatoms. The molecule has 3 rings (SSSR count). The Hall–Kier alpha value is -1.80. The minimum Gasteiger partial charge on any atom is -0.381 e. The Morgan fingerprint density at radius 3 is 2.55 bits per heavy atom. The molecule has 0 radical (unpaired) electrons. The first-order valence-electron chi connectivity index (χ1n) is 7.26. The molecule has 1 saturated carbocycles. The number of rotatable bonds is 6. The van der Waals surface area contributed by atoms with Crippen molar-refractivity contribution >= 4 is 5.69 Å². The van der Waals surface area contributed by atoms with Crippen LogP contribution in [0.2, 0.25) is 0 Å². The van der Waals surface area contributed by atoms with Crippen LogP contribution in [0.4, 0.5) is 5.69 Å². The Kier molecular flexibility index (Phi) is 4.03. The summed E-state index contributed by atoms with van der Waals surface area (Å²) in [5.41, 5.74) is 5.16. The van der Waals surface area contributed by atoms with Gasteiger partial charge in [0.05, 0.1) is 6.61 Å². The van der Waals surface area contributed by atoms with Crippen molar-refractivity contribution < 1.29 is 4.74 Å². The zero-order valence-electron chi connectivity index (χ0n) is 11.9. The van der Waals surface area contributed by atoms with Gasteiger partial charge in [-0.15, -0.1) is 0 Å². The number of methoxy groups -OCH3 is 1. The molecule has 0 aromatic heterocycles. The number of benzene rings is 2. The Morgan fingerprint density at radius 1 is 1.05 bits per heavy atom. The van der Waals surface area contributed by atoms with Crippen LogP contribution < -0.4 is 5.32 Å². The Labute approximate surface area is 120 Å². The molecule has 0 saturated heterocycles. The molecule has 0 aliphatic heterocycles. The largest absolute Gasteiger partial charge is 0.381 e. The number of hydrogen-bond donors (Lipinski definition) is 1. The second-order valence-corrected chi connectivity index (χ2v) is 5.50. The summed E-state index contributed by atoms with van der Waals surface area (Å²) < 4.78 is 5.16. The highest BCUT2D eigenvalue weighted by atomic mass is 16.5. The van der Waals surface area contributed by atoms with Crippen LogP contribution in [-0.2, 0) is 17.9 Å². The van der Waals surface area contributed by atoms with Gasteiger partial charge in [-0.2, -0.15) is 0 Å². The van der Waals surface area contributed by atoms with E-state index in [0.29, 0.717) is 6.61 Å². The van der Waals surface area contributed by atoms with Crippen molar-refractivity contribution in [3.8, 4) is 0 Å². The van der Waals surface area contributed by atoms with Gasteiger partial charge in [0.15, 0.2) is 0 Å². The van der Waals surface area contributed by atoms with Crippen LogP contribution in [0.25, 0.3) is 0 Å². The predicted octanol–water partition coefficient (Wildman–Crippen LogP) is 4.32. The highest BCUT2D eigenvalue weighted by Gasteiger charge is 2.22. The maximum atomic E-state index is 5.16. The first kappa shape index (κ1) is 13.2. The van der Waals surface area contributed by atoms with Crippen LogP contribution >= 0.6 is 0 Å². The molecule has 1 fully saturated rings. The topological polar surface area (TPSA) is 21.3 Å². The summed E-state index contributed by atoms with van der Waals surface area (Å²) in [7, 11) is 1.72. The lowest BCUT2D eigenvalue weighted by Crippen LogP contribution is -2.00. The molecule has 1 N–H and O–H groups in total. The van der Waals surface area contributed by atoms with Crippen molar-refractivity contribution in [2.75, 3.05) is 12.4 Å². The molecule has 20 heavy (non-hydrogen) atoms. The SMILES string of the molecule is COCc1cccc(NCc2ccc(C3CC3)cc2)c1. The third-order valence-electron chi connectivity index (χ3n) is 3.76. The van der Waals surface area contributed by atoms with Crippen LogP contribution in [0.1, 0.15) is 35.4 Å². The van der Waals surface area contributed by atoms with Gasteiger partial charge in [0.25, 0.3) is 0 Å². The molecule has 0 spiro atoms. The molecule has 2 aromatic rings. The van der Waals surface area contributed by atoms with E-state index in [-0.39, 0.29) is 0 Å². The molecule has 104 valence electrons. The smallest absolute Gasteiger partial charge is 0.0713 e. The van der Waals surface area contributed by atoms with Crippen LogP contribution in [0.3, 0.4) is 0 Å². The minimum absolute atomic E-state index is 0.658. The second kappa shape index (κ2) is 6.10. The van der Waals surface area contributed by atoms with Gasteiger partial charge in [0, 0.05) is 19.3 Å². The molecule has 0 unspecified atom stereocenters. The zero-order chi connectivity index (χ0) is 13.8. The normalized spacial score (nSPS) is 14.2. The summed E-state index contributed by atoms with van der Waals surface area (Å²) in [4.78, 5) is 0. The molecule has 2 nitrogen and oxygen atoms in total. The van der Waals surface area contributed by atoms with E-state index in [1.54, 1.807) is 7.11 Å². The van der Waals surface area contributed by atoms with E-state index in [1.807, 2.05) is 0 Å². The fraction of sp³-hybridized carbons (Fsp3) is 0.333. The van der Waals surface area contributed by atoms with E-state index < -0.39 is 0 Å². The average molecular weight is 267 g/mol. The highest BCUT2D eigenvalue weighted by Crippen LogP contribution is 2.39. The van der Waals surface area contributed by atoms with Crippen molar-refractivity contribution in [3.63, 3.8) is 0 Å². The summed E-state index contributed by atoms with van der Waals surface area (Å²) in [6.45, 7) is 1.52. The van der Waals surface area contributed by atoms with E-state index in [0.717, 1.165) is 18.2 Å². The second-order valence-electron chi connectivity index (χ2n) is 5.50. The summed E-state index contributed by atoms with van der Waals surface area (Å²) in [5.74, 6) is 0.836. The summed E-state index contributed by atoms with van der Waals surface area (Å²) >= 11 is 0. The third-order valence-corrected chi connectivity index (χ3v) is 3.76. The summed E-state index contributed by atoms with van der Waals surface area (Å²) in [5, 5.41) is 3.47. The van der Waals surface area contributed by atoms with Crippen molar-refractivity contribution in [2.24, 2.45) is 0 Å². The molecule has 1 aliphatic carbocycles. The predicted molar refractivity (Wildman–Crippen MR) is 82.9 cm³/mol. The molecule has 0 heterocycles. The monoisotopic (exact) mass is 267 g/mol. The first-order valence-corrected chi connectivity index (χ1v) is 7.26. The van der Waals surface area contributed by atoms with Gasteiger partial charge < -0.3 is 10.1 Å². The Balaban J connectivity index is 1.59. The molecular formula is C18H21NO. The van der Waals surface area contributed by atoms with Gasteiger partial charge in [-0.05, 0) is 47.6 Å². The lowest BCUT2D eigenvalue weighted by molar-refractivity contribution is 0.185. The average Bonchev–Trinajstić information content (AvgIpc) is 3.31. The van der Waals surface area contributed by atoms with E-state index in [9.17, 15) is 0 Å². The van der Waals surface area contributed by atoms with Crippen LogP contribution in [-0.4, -0.2) is 7.11 Å². The molecule has 0 bridgehead atoms. The number of anilines is 1. The van der Waals surface area contributed by atoms with Gasteiger partial charge >= 0.3 is 0 Å². The summed E-state index contributed by atoms with van der Waals surface area (Å²) in [6, 6.07) is 17.4. The van der Waals surface area contributed by atoms with Crippen molar-refractivity contribution in [3.05, 3.63) is 65.2 Å². The number of nitrogens with one attached hydrogen (secondary N) is 1. The fourth-order valence-corrected chi connectivity index (χ4v) is 2.47. The molecule has 0 amide bonds. The van der Waals surface area contributed by atoms with E-state index in [2.05, 4.69) is 53.8 Å². The van der Waals surface area contributed by atoms with Crippen molar-refractivity contribution in [1.29, 1.82) is 0 Å². The lowest BCUT2D eigenvalue weighted by atomic mass is 10.1. The quantitative estimate of drug-likeness (QED) is 0.841. The molecule has 1 aliphatic rings. The van der Waals surface area contributed by atoms with Crippen LogP contribution in [0.15, 0.2) is 48.5 Å². The zero-order valence-corrected chi connectivity index (χ0v) is 11.9. The standard InChI is InChI=1S/C18H21NO/c1-20-13-15-3-2-4-18(11-15)19-12-14-5-7-16(8-6-14)17-9-10-17/h2-8,11,17,19H,9-10,12-13H2,1H3. The maximum absolute atomic E-state index is 5.16. The summed E-state index contributed by atoms with van der Waals surface area (Å²) in [6.07, 6.45) is 2.73. The fourth-order valence-electron chi connectivity index (χ4n) is 2.47. The van der Waals surface area contributed by atoms with Gasteiger partial charge in [0.2, 0.25) is 0 Å².